The molecule has 0 spiro atoms. The molecule has 2 rings (SSSR count). The van der Waals surface area contributed by atoms with Crippen molar-refractivity contribution >= 4 is 17.3 Å². The van der Waals surface area contributed by atoms with Gasteiger partial charge in [0.05, 0.1) is 5.92 Å². The highest BCUT2D eigenvalue weighted by Gasteiger charge is 2.57. The SMILES string of the molecule is Cc1nnc(C2(C)CNC(C)(C)C2C(=O)OC(C)(C)C)s1. The number of esters is 1. The van der Waals surface area contributed by atoms with Crippen LogP contribution in [0.2, 0.25) is 0 Å². The van der Waals surface area contributed by atoms with Crippen LogP contribution in [0.3, 0.4) is 0 Å². The Bertz CT molecular complexity index is 547. The molecule has 1 aromatic rings. The molecule has 1 aromatic heterocycles. The van der Waals surface area contributed by atoms with E-state index in [-0.39, 0.29) is 17.4 Å². The first-order valence-corrected chi connectivity index (χ1v) is 8.06. The van der Waals surface area contributed by atoms with Gasteiger partial charge in [0.15, 0.2) is 0 Å². The van der Waals surface area contributed by atoms with Gasteiger partial charge >= 0.3 is 5.97 Å². The van der Waals surface area contributed by atoms with E-state index < -0.39 is 11.0 Å². The summed E-state index contributed by atoms with van der Waals surface area (Å²) in [6.07, 6.45) is 0. The molecule has 118 valence electrons. The van der Waals surface area contributed by atoms with E-state index in [0.29, 0.717) is 6.54 Å². The quantitative estimate of drug-likeness (QED) is 0.850. The molecule has 2 heterocycles. The summed E-state index contributed by atoms with van der Waals surface area (Å²) in [5.41, 5.74) is -1.22. The second kappa shape index (κ2) is 5.02. The average molecular weight is 311 g/mol. The highest BCUT2D eigenvalue weighted by atomic mass is 32.1. The fourth-order valence-electron chi connectivity index (χ4n) is 3.05. The highest BCUT2D eigenvalue weighted by molar-refractivity contribution is 7.11. The molecule has 5 nitrogen and oxygen atoms in total. The summed E-state index contributed by atoms with van der Waals surface area (Å²) < 4.78 is 5.66. The molecular formula is C15H25N3O2S. The van der Waals surface area contributed by atoms with Crippen LogP contribution in [-0.4, -0.2) is 33.9 Å². The van der Waals surface area contributed by atoms with Crippen molar-refractivity contribution in [3.8, 4) is 0 Å². The van der Waals surface area contributed by atoms with Gasteiger partial charge < -0.3 is 10.1 Å². The maximum Gasteiger partial charge on any atom is 0.312 e. The summed E-state index contributed by atoms with van der Waals surface area (Å²) in [6.45, 7) is 14.5. The van der Waals surface area contributed by atoms with Crippen LogP contribution in [0.15, 0.2) is 0 Å². The molecule has 2 atom stereocenters. The molecule has 6 heteroatoms. The Kier molecular flexibility index (Phi) is 3.91. The van der Waals surface area contributed by atoms with Gasteiger partial charge in [-0.15, -0.1) is 21.5 Å². The maximum atomic E-state index is 12.8. The van der Waals surface area contributed by atoms with Gasteiger partial charge in [-0.1, -0.05) is 6.92 Å². The van der Waals surface area contributed by atoms with Crippen LogP contribution >= 0.6 is 11.3 Å². The number of carbonyl (C=O) groups is 1. The van der Waals surface area contributed by atoms with Crippen LogP contribution in [0.4, 0.5) is 0 Å². The summed E-state index contributed by atoms with van der Waals surface area (Å²) in [4.78, 5) is 12.8. The normalized spacial score (nSPS) is 28.6. The van der Waals surface area contributed by atoms with Gasteiger partial charge in [0, 0.05) is 17.5 Å². The van der Waals surface area contributed by atoms with Crippen molar-refractivity contribution in [3.05, 3.63) is 10.0 Å². The predicted octanol–water partition coefficient (Wildman–Crippen LogP) is 2.44. The van der Waals surface area contributed by atoms with E-state index in [4.69, 9.17) is 4.74 Å². The lowest BCUT2D eigenvalue weighted by molar-refractivity contribution is -0.163. The largest absolute Gasteiger partial charge is 0.460 e. The van der Waals surface area contributed by atoms with E-state index in [1.54, 1.807) is 11.3 Å². The van der Waals surface area contributed by atoms with E-state index in [0.717, 1.165) is 10.0 Å². The molecule has 1 aliphatic rings. The minimum Gasteiger partial charge on any atom is -0.460 e. The minimum absolute atomic E-state index is 0.173. The van der Waals surface area contributed by atoms with Crippen molar-refractivity contribution in [2.75, 3.05) is 6.54 Å². The Hall–Kier alpha value is -1.01. The topological polar surface area (TPSA) is 64.1 Å². The average Bonchev–Trinajstić information content (AvgIpc) is 2.80. The van der Waals surface area contributed by atoms with Crippen LogP contribution in [0.25, 0.3) is 0 Å². The molecule has 1 aliphatic heterocycles. The molecule has 0 aromatic carbocycles. The first kappa shape index (κ1) is 16.4. The lowest BCUT2D eigenvalue weighted by Crippen LogP contribution is -2.48. The van der Waals surface area contributed by atoms with Crippen LogP contribution in [0.5, 0.6) is 0 Å². The monoisotopic (exact) mass is 311 g/mol. The standard InChI is InChI=1S/C15H25N3O2S/c1-9-17-18-12(21-9)15(7)8-16-14(5,6)10(15)11(19)20-13(2,3)4/h10,16H,8H2,1-7H3. The summed E-state index contributed by atoms with van der Waals surface area (Å²) in [5, 5.41) is 13.7. The van der Waals surface area contributed by atoms with E-state index in [2.05, 4.69) is 22.4 Å². The molecule has 0 aliphatic carbocycles. The molecule has 1 saturated heterocycles. The number of hydrogen-bond acceptors (Lipinski definition) is 6. The zero-order chi connectivity index (χ0) is 16.1. The molecule has 1 fully saturated rings. The van der Waals surface area contributed by atoms with E-state index >= 15 is 0 Å². The highest BCUT2D eigenvalue weighted by Crippen LogP contribution is 2.45. The molecule has 0 bridgehead atoms. The Balaban J connectivity index is 2.39. The third-order valence-corrected chi connectivity index (χ3v) is 5.05. The zero-order valence-corrected chi connectivity index (χ0v) is 14.7. The van der Waals surface area contributed by atoms with Crippen molar-refractivity contribution in [2.45, 2.75) is 65.0 Å². The van der Waals surface area contributed by atoms with Gasteiger partial charge in [0.2, 0.25) is 0 Å². The van der Waals surface area contributed by atoms with Gasteiger partial charge in [0.1, 0.15) is 15.6 Å². The number of nitrogens with one attached hydrogen (secondary N) is 1. The maximum absolute atomic E-state index is 12.8. The van der Waals surface area contributed by atoms with E-state index in [1.807, 2.05) is 41.5 Å². The number of ether oxygens (including phenoxy) is 1. The zero-order valence-electron chi connectivity index (χ0n) is 13.9. The fourth-order valence-corrected chi connectivity index (χ4v) is 3.92. The third-order valence-electron chi connectivity index (χ3n) is 3.93. The first-order valence-electron chi connectivity index (χ1n) is 7.24. The van der Waals surface area contributed by atoms with Crippen molar-refractivity contribution in [3.63, 3.8) is 0 Å². The van der Waals surface area contributed by atoms with Crippen molar-refractivity contribution in [1.82, 2.24) is 15.5 Å². The Morgan fingerprint density at radius 2 is 1.95 bits per heavy atom. The first-order chi connectivity index (χ1) is 9.46. The smallest absolute Gasteiger partial charge is 0.312 e. The number of hydrogen-bond donors (Lipinski definition) is 1. The number of nitrogens with zero attached hydrogens (tertiary/aromatic N) is 2. The van der Waals surface area contributed by atoms with Gasteiger partial charge in [0.25, 0.3) is 0 Å². The molecular weight excluding hydrogens is 286 g/mol. The molecule has 1 N–H and O–H groups in total. The van der Waals surface area contributed by atoms with Crippen molar-refractivity contribution in [1.29, 1.82) is 0 Å². The van der Waals surface area contributed by atoms with Crippen molar-refractivity contribution in [2.24, 2.45) is 5.92 Å². The lowest BCUT2D eigenvalue weighted by Gasteiger charge is -2.35. The second-order valence-corrected chi connectivity index (χ2v) is 8.77. The van der Waals surface area contributed by atoms with Gasteiger partial charge in [-0.2, -0.15) is 0 Å². The molecule has 0 radical (unpaired) electrons. The molecule has 0 saturated carbocycles. The Morgan fingerprint density at radius 1 is 1.33 bits per heavy atom. The summed E-state index contributed by atoms with van der Waals surface area (Å²) in [6, 6.07) is 0. The van der Waals surface area contributed by atoms with Crippen LogP contribution in [0, 0.1) is 12.8 Å². The number of rotatable bonds is 2. The van der Waals surface area contributed by atoms with Crippen LogP contribution in [-0.2, 0) is 14.9 Å². The molecule has 21 heavy (non-hydrogen) atoms. The third kappa shape index (κ3) is 3.11. The van der Waals surface area contributed by atoms with Gasteiger partial charge in [-0.25, -0.2) is 0 Å². The van der Waals surface area contributed by atoms with Crippen LogP contribution in [0.1, 0.15) is 51.6 Å². The Labute approximate surface area is 130 Å². The minimum atomic E-state index is -0.492. The van der Waals surface area contributed by atoms with E-state index in [9.17, 15) is 4.79 Å². The number of aromatic nitrogens is 2. The summed E-state index contributed by atoms with van der Waals surface area (Å²) in [5.74, 6) is -0.468. The lowest BCUT2D eigenvalue weighted by atomic mass is 9.72. The molecule has 0 amide bonds. The predicted molar refractivity (Wildman–Crippen MR) is 83.4 cm³/mol. The molecule has 2 unspecified atom stereocenters. The second-order valence-electron chi connectivity index (χ2n) is 7.59. The number of carbonyl (C=O) groups excluding carboxylic acids is 1. The fraction of sp³-hybridized carbons (Fsp3) is 0.800. The van der Waals surface area contributed by atoms with E-state index in [1.165, 1.54) is 0 Å². The van der Waals surface area contributed by atoms with Gasteiger partial charge in [-0.3, -0.25) is 4.79 Å². The Morgan fingerprint density at radius 3 is 2.43 bits per heavy atom. The van der Waals surface area contributed by atoms with Gasteiger partial charge in [-0.05, 0) is 41.5 Å². The summed E-state index contributed by atoms with van der Waals surface area (Å²) in [7, 11) is 0. The number of aryl methyl sites for hydroxylation is 1. The van der Waals surface area contributed by atoms with Crippen LogP contribution < -0.4 is 5.32 Å². The van der Waals surface area contributed by atoms with Crippen molar-refractivity contribution < 1.29 is 9.53 Å². The summed E-state index contributed by atoms with van der Waals surface area (Å²) >= 11 is 1.55.